The molecular weight excluding hydrogens is 276 g/mol. The molecule has 6 heteroatoms. The Kier molecular flexibility index (Phi) is 6.67. The lowest BCUT2D eigenvalue weighted by Crippen LogP contribution is -2.32. The van der Waals surface area contributed by atoms with E-state index in [1.165, 1.54) is 6.26 Å². The molecule has 1 aromatic rings. The Morgan fingerprint density at radius 2 is 1.75 bits per heavy atom. The van der Waals surface area contributed by atoms with Crippen molar-refractivity contribution in [3.8, 4) is 0 Å². The molecule has 0 saturated heterocycles. The molecule has 0 heterocycles. The van der Waals surface area contributed by atoms with Crippen LogP contribution in [-0.4, -0.2) is 40.2 Å². The van der Waals surface area contributed by atoms with Gasteiger partial charge in [0.15, 0.2) is 9.84 Å². The Morgan fingerprint density at radius 3 is 2.30 bits per heavy atom. The zero-order valence-corrected chi connectivity index (χ0v) is 12.8. The lowest BCUT2D eigenvalue weighted by Gasteiger charge is -2.07. The van der Waals surface area contributed by atoms with Crippen LogP contribution in [0.5, 0.6) is 0 Å². The highest BCUT2D eigenvalue weighted by Crippen LogP contribution is 2.07. The van der Waals surface area contributed by atoms with E-state index in [0.29, 0.717) is 17.7 Å². The first-order valence-corrected chi connectivity index (χ1v) is 8.74. The Balaban J connectivity index is 2.45. The van der Waals surface area contributed by atoms with Crippen LogP contribution < -0.4 is 10.6 Å². The molecule has 5 nitrogen and oxygen atoms in total. The lowest BCUT2D eigenvalue weighted by atomic mass is 10.1. The SMILES string of the molecule is CCCNCCNC(=O)c1ccc(CS(C)(=O)=O)cc1. The Morgan fingerprint density at radius 1 is 1.10 bits per heavy atom. The summed E-state index contributed by atoms with van der Waals surface area (Å²) in [6.07, 6.45) is 2.26. The summed E-state index contributed by atoms with van der Waals surface area (Å²) in [6, 6.07) is 6.64. The maximum atomic E-state index is 11.8. The van der Waals surface area contributed by atoms with Gasteiger partial charge in [-0.05, 0) is 30.7 Å². The van der Waals surface area contributed by atoms with Gasteiger partial charge < -0.3 is 10.6 Å². The third kappa shape index (κ3) is 6.68. The molecule has 0 bridgehead atoms. The second-order valence-corrected chi connectivity index (χ2v) is 6.91. The van der Waals surface area contributed by atoms with Gasteiger partial charge in [-0.15, -0.1) is 0 Å². The van der Waals surface area contributed by atoms with Gasteiger partial charge in [-0.25, -0.2) is 8.42 Å². The summed E-state index contributed by atoms with van der Waals surface area (Å²) >= 11 is 0. The van der Waals surface area contributed by atoms with Gasteiger partial charge in [0.2, 0.25) is 0 Å². The van der Waals surface area contributed by atoms with Crippen molar-refractivity contribution in [2.24, 2.45) is 0 Å². The van der Waals surface area contributed by atoms with Crippen molar-refractivity contribution in [1.29, 1.82) is 0 Å². The third-order valence-corrected chi connectivity index (χ3v) is 3.52. The topological polar surface area (TPSA) is 75.3 Å². The molecule has 0 aliphatic carbocycles. The van der Waals surface area contributed by atoms with Crippen molar-refractivity contribution in [2.45, 2.75) is 19.1 Å². The van der Waals surface area contributed by atoms with Gasteiger partial charge in [0.25, 0.3) is 5.91 Å². The summed E-state index contributed by atoms with van der Waals surface area (Å²) in [5.74, 6) is -0.148. The summed E-state index contributed by atoms with van der Waals surface area (Å²) in [4.78, 5) is 11.8. The summed E-state index contributed by atoms with van der Waals surface area (Å²) in [5, 5.41) is 6.00. The lowest BCUT2D eigenvalue weighted by molar-refractivity contribution is 0.0954. The van der Waals surface area contributed by atoms with E-state index in [4.69, 9.17) is 0 Å². The Hall–Kier alpha value is -1.40. The molecule has 0 saturated carbocycles. The van der Waals surface area contributed by atoms with Gasteiger partial charge in [0.05, 0.1) is 5.75 Å². The molecule has 0 fully saturated rings. The summed E-state index contributed by atoms with van der Waals surface area (Å²) < 4.78 is 22.3. The quantitative estimate of drug-likeness (QED) is 0.701. The van der Waals surface area contributed by atoms with Crippen molar-refractivity contribution in [1.82, 2.24) is 10.6 Å². The van der Waals surface area contributed by atoms with E-state index in [0.717, 1.165) is 19.5 Å². The van der Waals surface area contributed by atoms with Crippen LogP contribution in [0, 0.1) is 0 Å². The highest BCUT2D eigenvalue weighted by atomic mass is 32.2. The molecular formula is C14H22N2O3S. The van der Waals surface area contributed by atoms with E-state index < -0.39 is 9.84 Å². The molecule has 0 aliphatic heterocycles. The van der Waals surface area contributed by atoms with Gasteiger partial charge in [-0.3, -0.25) is 4.79 Å². The molecule has 1 aromatic carbocycles. The summed E-state index contributed by atoms with van der Waals surface area (Å²) in [6.45, 7) is 4.34. The fraction of sp³-hybridized carbons (Fsp3) is 0.500. The van der Waals surface area contributed by atoms with Gasteiger partial charge in [0, 0.05) is 24.9 Å². The minimum atomic E-state index is -3.04. The van der Waals surface area contributed by atoms with Crippen LogP contribution in [0.25, 0.3) is 0 Å². The number of rotatable bonds is 8. The molecule has 0 radical (unpaired) electrons. The first kappa shape index (κ1) is 16.7. The Bertz CT molecular complexity index is 524. The molecule has 0 unspecified atom stereocenters. The average molecular weight is 298 g/mol. The number of nitrogens with one attached hydrogen (secondary N) is 2. The molecule has 0 aliphatic rings. The van der Waals surface area contributed by atoms with Crippen LogP contribution in [0.2, 0.25) is 0 Å². The standard InChI is InChI=1S/C14H22N2O3S/c1-3-8-15-9-10-16-14(17)13-6-4-12(5-7-13)11-20(2,18)19/h4-7,15H,3,8-11H2,1-2H3,(H,16,17). The molecule has 1 amide bonds. The van der Waals surface area contributed by atoms with Crippen LogP contribution in [-0.2, 0) is 15.6 Å². The van der Waals surface area contributed by atoms with Crippen LogP contribution in [0.4, 0.5) is 0 Å². The number of benzene rings is 1. The fourth-order valence-electron chi connectivity index (χ4n) is 1.72. The normalized spacial score (nSPS) is 11.3. The van der Waals surface area contributed by atoms with E-state index in [1.54, 1.807) is 24.3 Å². The van der Waals surface area contributed by atoms with Crippen molar-refractivity contribution in [3.63, 3.8) is 0 Å². The van der Waals surface area contributed by atoms with Crippen LogP contribution in [0.3, 0.4) is 0 Å². The van der Waals surface area contributed by atoms with Crippen molar-refractivity contribution in [2.75, 3.05) is 25.9 Å². The van der Waals surface area contributed by atoms with E-state index >= 15 is 0 Å². The first-order chi connectivity index (χ1) is 9.42. The van der Waals surface area contributed by atoms with Gasteiger partial charge in [0.1, 0.15) is 0 Å². The highest BCUT2D eigenvalue weighted by Gasteiger charge is 2.07. The number of hydrogen-bond donors (Lipinski definition) is 2. The predicted molar refractivity (Wildman–Crippen MR) is 80.5 cm³/mol. The fourth-order valence-corrected chi connectivity index (χ4v) is 2.52. The summed E-state index contributed by atoms with van der Waals surface area (Å²) in [5.41, 5.74) is 1.23. The summed E-state index contributed by atoms with van der Waals surface area (Å²) in [7, 11) is -3.04. The van der Waals surface area contributed by atoms with Crippen LogP contribution in [0.1, 0.15) is 29.3 Å². The maximum absolute atomic E-state index is 11.8. The minimum Gasteiger partial charge on any atom is -0.351 e. The smallest absolute Gasteiger partial charge is 0.251 e. The van der Waals surface area contributed by atoms with Crippen LogP contribution in [0.15, 0.2) is 24.3 Å². The largest absolute Gasteiger partial charge is 0.351 e. The zero-order valence-electron chi connectivity index (χ0n) is 12.0. The number of hydrogen-bond acceptors (Lipinski definition) is 4. The number of sulfone groups is 1. The minimum absolute atomic E-state index is 0.00413. The van der Waals surface area contributed by atoms with Gasteiger partial charge in [-0.2, -0.15) is 0 Å². The second-order valence-electron chi connectivity index (χ2n) is 4.77. The molecule has 112 valence electrons. The van der Waals surface area contributed by atoms with Gasteiger partial charge >= 0.3 is 0 Å². The number of amides is 1. The molecule has 0 atom stereocenters. The van der Waals surface area contributed by atoms with E-state index in [9.17, 15) is 13.2 Å². The van der Waals surface area contributed by atoms with E-state index in [-0.39, 0.29) is 11.7 Å². The number of carbonyl (C=O) groups is 1. The molecule has 2 N–H and O–H groups in total. The molecule has 20 heavy (non-hydrogen) atoms. The second kappa shape index (κ2) is 8.01. The van der Waals surface area contributed by atoms with Crippen molar-refractivity contribution >= 4 is 15.7 Å². The molecule has 1 rings (SSSR count). The highest BCUT2D eigenvalue weighted by molar-refractivity contribution is 7.89. The molecule has 0 aromatic heterocycles. The van der Waals surface area contributed by atoms with E-state index in [2.05, 4.69) is 17.6 Å². The first-order valence-electron chi connectivity index (χ1n) is 6.68. The van der Waals surface area contributed by atoms with Crippen LogP contribution >= 0.6 is 0 Å². The van der Waals surface area contributed by atoms with Crippen molar-refractivity contribution < 1.29 is 13.2 Å². The predicted octanol–water partition coefficient (Wildman–Crippen LogP) is 0.961. The third-order valence-electron chi connectivity index (χ3n) is 2.66. The van der Waals surface area contributed by atoms with Gasteiger partial charge in [-0.1, -0.05) is 19.1 Å². The maximum Gasteiger partial charge on any atom is 0.251 e. The Labute approximate surface area is 120 Å². The average Bonchev–Trinajstić information content (AvgIpc) is 2.37. The number of carbonyl (C=O) groups excluding carboxylic acids is 1. The van der Waals surface area contributed by atoms with Crippen molar-refractivity contribution in [3.05, 3.63) is 35.4 Å². The molecule has 0 spiro atoms. The zero-order chi connectivity index (χ0) is 15.0. The van der Waals surface area contributed by atoms with E-state index in [1.807, 2.05) is 0 Å². The monoisotopic (exact) mass is 298 g/mol.